The molecule has 2 aliphatic rings. The Morgan fingerprint density at radius 2 is 0.611 bits per heavy atom. The van der Waals surface area contributed by atoms with E-state index in [1.807, 2.05) is 0 Å². The molecule has 0 N–H and O–H groups in total. The van der Waals surface area contributed by atoms with E-state index in [0.29, 0.717) is 0 Å². The van der Waals surface area contributed by atoms with E-state index >= 15 is 0 Å². The Labute approximate surface area is 315 Å². The zero-order chi connectivity index (χ0) is 36.0. The van der Waals surface area contributed by atoms with Crippen molar-refractivity contribution in [1.82, 2.24) is 9.97 Å². The van der Waals surface area contributed by atoms with Gasteiger partial charge in [-0.15, -0.1) is 0 Å². The smallest absolute Gasteiger partial charge is 0.0975 e. The molecule has 2 heterocycles. The Kier molecular flexibility index (Phi) is 6.55. The van der Waals surface area contributed by atoms with Crippen molar-refractivity contribution in [2.75, 3.05) is 0 Å². The maximum absolute atomic E-state index is 5.79. The molecule has 0 aliphatic heterocycles. The minimum absolute atomic E-state index is 0.470. The molecular formula is C52H36N2. The van der Waals surface area contributed by atoms with E-state index in [9.17, 15) is 0 Å². The van der Waals surface area contributed by atoms with Crippen LogP contribution in [0.1, 0.15) is 47.5 Å². The second-order valence-corrected chi connectivity index (χ2v) is 15.1. The molecule has 2 heteroatoms. The molecule has 0 amide bonds. The molecule has 0 saturated heterocycles. The normalized spacial score (nSPS) is 14.4. The van der Waals surface area contributed by atoms with Crippen molar-refractivity contribution in [2.24, 2.45) is 0 Å². The Balaban J connectivity index is 1.28. The fourth-order valence-electron chi connectivity index (χ4n) is 9.66. The van der Waals surface area contributed by atoms with Crippen LogP contribution in [0.15, 0.2) is 182 Å². The van der Waals surface area contributed by atoms with E-state index in [1.165, 1.54) is 55.6 Å². The van der Waals surface area contributed by atoms with Crippen LogP contribution in [0, 0.1) is 0 Å². The van der Waals surface area contributed by atoms with Crippen LogP contribution in [0.5, 0.6) is 0 Å². The average molecular weight is 689 g/mol. The number of hydrogen-bond donors (Lipinski definition) is 0. The summed E-state index contributed by atoms with van der Waals surface area (Å²) in [6.07, 6.45) is 0. The molecule has 0 spiro atoms. The van der Waals surface area contributed by atoms with Gasteiger partial charge in [-0.3, -0.25) is 0 Å². The highest BCUT2D eigenvalue weighted by Gasteiger charge is 2.44. The van der Waals surface area contributed by atoms with Gasteiger partial charge in [0.15, 0.2) is 0 Å². The monoisotopic (exact) mass is 688 g/mol. The van der Waals surface area contributed by atoms with Crippen molar-refractivity contribution < 1.29 is 0 Å². The first-order chi connectivity index (χ1) is 26.5. The SMILES string of the molecule is CC1(c2cc(-c3ccccc3)c3ccc4c(-c5ccccc5)cc(C5(C)c6ccccc6-c6ccccc65)nc4c3n2)c2ccccc2-c2ccccc21. The summed E-state index contributed by atoms with van der Waals surface area (Å²) in [5.74, 6) is 0. The quantitative estimate of drug-likeness (QED) is 0.172. The summed E-state index contributed by atoms with van der Waals surface area (Å²) in [7, 11) is 0. The summed E-state index contributed by atoms with van der Waals surface area (Å²) < 4.78 is 0. The summed E-state index contributed by atoms with van der Waals surface area (Å²) in [4.78, 5) is 11.6. The molecular weight excluding hydrogens is 653 g/mol. The Hall–Kier alpha value is -6.64. The van der Waals surface area contributed by atoms with E-state index in [0.717, 1.165) is 44.3 Å². The summed E-state index contributed by atoms with van der Waals surface area (Å²) in [6, 6.07) is 66.2. The van der Waals surface area contributed by atoms with Gasteiger partial charge in [-0.1, -0.05) is 170 Å². The van der Waals surface area contributed by atoms with Gasteiger partial charge in [-0.25, -0.2) is 9.97 Å². The van der Waals surface area contributed by atoms with Crippen molar-refractivity contribution in [3.63, 3.8) is 0 Å². The van der Waals surface area contributed by atoms with E-state index < -0.39 is 10.8 Å². The summed E-state index contributed by atoms with van der Waals surface area (Å²) in [5.41, 5.74) is 17.8. The summed E-state index contributed by atoms with van der Waals surface area (Å²) in [5, 5.41) is 2.20. The van der Waals surface area contributed by atoms with Gasteiger partial charge >= 0.3 is 0 Å². The van der Waals surface area contributed by atoms with Crippen LogP contribution in [0.2, 0.25) is 0 Å². The van der Waals surface area contributed by atoms with Crippen LogP contribution in [0.25, 0.3) is 66.3 Å². The van der Waals surface area contributed by atoms with Crippen molar-refractivity contribution in [2.45, 2.75) is 24.7 Å². The van der Waals surface area contributed by atoms with Crippen molar-refractivity contribution in [3.8, 4) is 44.5 Å². The second kappa shape index (κ2) is 11.4. The first-order valence-corrected chi connectivity index (χ1v) is 18.8. The lowest BCUT2D eigenvalue weighted by atomic mass is 9.75. The third-order valence-electron chi connectivity index (χ3n) is 12.4. The molecule has 0 fully saturated rings. The molecule has 0 atom stereocenters. The maximum atomic E-state index is 5.79. The number of rotatable bonds is 4. The zero-order valence-corrected chi connectivity index (χ0v) is 30.2. The molecule has 2 nitrogen and oxygen atoms in total. The minimum Gasteiger partial charge on any atom is -0.249 e. The van der Waals surface area contributed by atoms with Gasteiger partial charge in [0.05, 0.1) is 33.3 Å². The third-order valence-corrected chi connectivity index (χ3v) is 12.4. The Bertz CT molecular complexity index is 2670. The fourth-order valence-corrected chi connectivity index (χ4v) is 9.66. The van der Waals surface area contributed by atoms with Crippen LogP contribution < -0.4 is 0 Å². The van der Waals surface area contributed by atoms with Crippen LogP contribution in [0.4, 0.5) is 0 Å². The van der Waals surface area contributed by atoms with Crippen LogP contribution in [0.3, 0.4) is 0 Å². The number of nitrogens with zero attached hydrogens (tertiary/aromatic N) is 2. The van der Waals surface area contributed by atoms with Crippen molar-refractivity contribution in [1.29, 1.82) is 0 Å². The lowest BCUT2D eigenvalue weighted by Gasteiger charge is -2.29. The Morgan fingerprint density at radius 3 is 0.944 bits per heavy atom. The lowest BCUT2D eigenvalue weighted by Crippen LogP contribution is -2.25. The predicted molar refractivity (Wildman–Crippen MR) is 223 cm³/mol. The van der Waals surface area contributed by atoms with Gasteiger partial charge in [-0.2, -0.15) is 0 Å². The number of benzene rings is 7. The standard InChI is InChI=1S/C52H36N2/c1-51(43-25-13-9-21-35(43)36-22-10-14-26-44(36)51)47-31-41(33-17-5-3-6-18-33)39-29-30-40-42(34-19-7-4-8-20-34)32-48(54-50(40)49(39)53-47)52(2)45-27-15-11-23-37(45)38-24-12-16-28-46(38)52/h3-32H,1-2H3. The number of fused-ring (bicyclic) bond motifs is 9. The molecule has 9 aromatic rings. The number of aromatic nitrogens is 2. The zero-order valence-electron chi connectivity index (χ0n) is 30.2. The largest absolute Gasteiger partial charge is 0.249 e. The van der Waals surface area contributed by atoms with Gasteiger partial charge in [0.25, 0.3) is 0 Å². The summed E-state index contributed by atoms with van der Waals surface area (Å²) in [6.45, 7) is 4.71. The highest BCUT2D eigenvalue weighted by molar-refractivity contribution is 6.12. The fraction of sp³-hybridized carbons (Fsp3) is 0.0769. The molecule has 54 heavy (non-hydrogen) atoms. The first-order valence-electron chi connectivity index (χ1n) is 18.8. The summed E-state index contributed by atoms with van der Waals surface area (Å²) >= 11 is 0. The Morgan fingerprint density at radius 1 is 0.315 bits per heavy atom. The lowest BCUT2D eigenvalue weighted by molar-refractivity contribution is 0.686. The van der Waals surface area contributed by atoms with E-state index in [4.69, 9.17) is 9.97 Å². The average Bonchev–Trinajstić information content (AvgIpc) is 3.67. The topological polar surface area (TPSA) is 25.8 Å². The third kappa shape index (κ3) is 4.17. The minimum atomic E-state index is -0.470. The second-order valence-electron chi connectivity index (χ2n) is 15.1. The molecule has 2 aliphatic carbocycles. The van der Waals surface area contributed by atoms with Gasteiger partial charge in [0.1, 0.15) is 0 Å². The molecule has 0 radical (unpaired) electrons. The molecule has 0 unspecified atom stereocenters. The maximum Gasteiger partial charge on any atom is 0.0975 e. The van der Waals surface area contributed by atoms with Crippen LogP contribution in [-0.4, -0.2) is 9.97 Å². The molecule has 254 valence electrons. The molecule has 0 bridgehead atoms. The van der Waals surface area contributed by atoms with Gasteiger partial charge in [-0.05, 0) is 92.7 Å². The van der Waals surface area contributed by atoms with Crippen LogP contribution in [-0.2, 0) is 10.8 Å². The predicted octanol–water partition coefficient (Wildman–Crippen LogP) is 12.8. The number of hydrogen-bond acceptors (Lipinski definition) is 2. The van der Waals surface area contributed by atoms with Crippen LogP contribution >= 0.6 is 0 Å². The van der Waals surface area contributed by atoms with Crippen molar-refractivity contribution >= 4 is 21.8 Å². The van der Waals surface area contributed by atoms with Gasteiger partial charge < -0.3 is 0 Å². The van der Waals surface area contributed by atoms with E-state index in [1.54, 1.807) is 0 Å². The van der Waals surface area contributed by atoms with Gasteiger partial charge in [0, 0.05) is 10.8 Å². The first kappa shape index (κ1) is 30.9. The highest BCUT2D eigenvalue weighted by Crippen LogP contribution is 2.54. The molecule has 11 rings (SSSR count). The van der Waals surface area contributed by atoms with E-state index in [-0.39, 0.29) is 0 Å². The number of pyridine rings is 2. The van der Waals surface area contributed by atoms with Crippen molar-refractivity contribution in [3.05, 3.63) is 216 Å². The van der Waals surface area contributed by atoms with Gasteiger partial charge in [0.2, 0.25) is 0 Å². The molecule has 0 saturated carbocycles. The van der Waals surface area contributed by atoms with E-state index in [2.05, 4.69) is 196 Å². The highest BCUT2D eigenvalue weighted by atomic mass is 14.8. The molecule has 7 aromatic carbocycles. The molecule has 2 aromatic heterocycles.